The number of amides is 1. The van der Waals surface area contributed by atoms with Crippen LogP contribution in [-0.2, 0) is 0 Å². The highest BCUT2D eigenvalue weighted by atomic mass is 16.2. The summed E-state index contributed by atoms with van der Waals surface area (Å²) in [5.41, 5.74) is 2.32. The second-order valence-corrected chi connectivity index (χ2v) is 4.49. The minimum absolute atomic E-state index is 0.311. The van der Waals surface area contributed by atoms with Gasteiger partial charge in [0.15, 0.2) is 0 Å². The number of fused-ring (bicyclic) bond motifs is 1. The zero-order valence-electron chi connectivity index (χ0n) is 10.8. The third-order valence-electron chi connectivity index (χ3n) is 3.03. The second-order valence-electron chi connectivity index (χ2n) is 4.49. The lowest BCUT2D eigenvalue weighted by atomic mass is 10.1. The van der Waals surface area contributed by atoms with Crippen LogP contribution in [0.15, 0.2) is 47.3 Å². The van der Waals surface area contributed by atoms with Gasteiger partial charge in [0.05, 0.1) is 22.7 Å². The van der Waals surface area contributed by atoms with Gasteiger partial charge in [-0.05, 0) is 36.4 Å². The molecule has 0 saturated carbocycles. The van der Waals surface area contributed by atoms with Crippen LogP contribution in [0.4, 0.5) is 5.69 Å². The molecule has 0 aliphatic rings. The van der Waals surface area contributed by atoms with Crippen LogP contribution in [0.3, 0.4) is 0 Å². The van der Waals surface area contributed by atoms with Crippen LogP contribution in [0.25, 0.3) is 11.0 Å². The monoisotopic (exact) mass is 278 g/mol. The second kappa shape index (κ2) is 4.98. The van der Waals surface area contributed by atoms with Gasteiger partial charge in [-0.3, -0.25) is 4.79 Å². The largest absolute Gasteiger partial charge is 0.323 e. The molecule has 6 heteroatoms. The number of nitriles is 1. The fourth-order valence-corrected chi connectivity index (χ4v) is 2.04. The molecular weight excluding hydrogens is 268 g/mol. The maximum atomic E-state index is 12.2. The molecule has 0 atom stereocenters. The highest BCUT2D eigenvalue weighted by Crippen LogP contribution is 2.14. The quantitative estimate of drug-likeness (QED) is 0.668. The van der Waals surface area contributed by atoms with Crippen LogP contribution in [0, 0.1) is 11.3 Å². The number of benzene rings is 2. The predicted molar refractivity (Wildman–Crippen MR) is 78.0 cm³/mol. The minimum atomic E-state index is -0.315. The van der Waals surface area contributed by atoms with Crippen molar-refractivity contribution >= 4 is 22.6 Å². The topological polar surface area (TPSA) is 102 Å². The van der Waals surface area contributed by atoms with Gasteiger partial charge in [0.25, 0.3) is 5.91 Å². The van der Waals surface area contributed by atoms with E-state index in [2.05, 4.69) is 15.3 Å². The standard InChI is InChI=1S/C15H10N4O2/c16-8-9-2-1-3-11(6-9)17-14(20)10-4-5-12-13(7-10)19-15(21)18-12/h1-7H,(H,17,20)(H2,18,19,21). The zero-order chi connectivity index (χ0) is 14.8. The molecule has 2 aromatic carbocycles. The first-order valence-corrected chi connectivity index (χ1v) is 6.19. The van der Waals surface area contributed by atoms with Gasteiger partial charge in [-0.2, -0.15) is 5.26 Å². The van der Waals surface area contributed by atoms with E-state index in [0.717, 1.165) is 0 Å². The van der Waals surface area contributed by atoms with Crippen LogP contribution in [0.5, 0.6) is 0 Å². The van der Waals surface area contributed by atoms with Crippen molar-refractivity contribution in [3.8, 4) is 6.07 Å². The van der Waals surface area contributed by atoms with Crippen molar-refractivity contribution in [3.63, 3.8) is 0 Å². The molecule has 0 aliphatic carbocycles. The summed E-state index contributed by atoms with van der Waals surface area (Å²) in [6.45, 7) is 0. The molecule has 0 unspecified atom stereocenters. The lowest BCUT2D eigenvalue weighted by Gasteiger charge is -2.05. The van der Waals surface area contributed by atoms with Crippen molar-refractivity contribution in [1.29, 1.82) is 5.26 Å². The Morgan fingerprint density at radius 2 is 1.90 bits per heavy atom. The van der Waals surface area contributed by atoms with Crippen LogP contribution in [-0.4, -0.2) is 15.9 Å². The third kappa shape index (κ3) is 2.53. The van der Waals surface area contributed by atoms with Gasteiger partial charge in [-0.25, -0.2) is 4.79 Å². The van der Waals surface area contributed by atoms with Gasteiger partial charge in [0, 0.05) is 11.3 Å². The molecule has 0 aliphatic heterocycles. The van der Waals surface area contributed by atoms with Crippen molar-refractivity contribution in [2.24, 2.45) is 0 Å². The molecule has 6 nitrogen and oxygen atoms in total. The number of nitrogens with one attached hydrogen (secondary N) is 3. The van der Waals surface area contributed by atoms with Gasteiger partial charge in [0.1, 0.15) is 0 Å². The molecule has 1 amide bonds. The van der Waals surface area contributed by atoms with E-state index in [4.69, 9.17) is 5.26 Å². The number of imidazole rings is 1. The van der Waals surface area contributed by atoms with Crippen molar-refractivity contribution in [2.45, 2.75) is 0 Å². The molecular formula is C15H10N4O2. The molecule has 3 aromatic rings. The van der Waals surface area contributed by atoms with E-state index in [9.17, 15) is 9.59 Å². The average molecular weight is 278 g/mol. The molecule has 0 radical (unpaired) electrons. The Balaban J connectivity index is 1.89. The number of carbonyl (C=O) groups is 1. The number of H-pyrrole nitrogens is 2. The van der Waals surface area contributed by atoms with Gasteiger partial charge < -0.3 is 15.3 Å². The van der Waals surface area contributed by atoms with Crippen molar-refractivity contribution in [3.05, 3.63) is 64.1 Å². The lowest BCUT2D eigenvalue weighted by Crippen LogP contribution is -2.11. The van der Waals surface area contributed by atoms with Crippen molar-refractivity contribution in [1.82, 2.24) is 9.97 Å². The molecule has 0 fully saturated rings. The molecule has 21 heavy (non-hydrogen) atoms. The lowest BCUT2D eigenvalue weighted by molar-refractivity contribution is 0.102. The number of aromatic nitrogens is 2. The molecule has 102 valence electrons. The highest BCUT2D eigenvalue weighted by molar-refractivity contribution is 6.05. The van der Waals surface area contributed by atoms with Gasteiger partial charge in [0.2, 0.25) is 0 Å². The zero-order valence-corrected chi connectivity index (χ0v) is 10.8. The number of nitrogens with zero attached hydrogens (tertiary/aromatic N) is 1. The van der Waals surface area contributed by atoms with E-state index in [-0.39, 0.29) is 11.6 Å². The first-order chi connectivity index (χ1) is 10.2. The summed E-state index contributed by atoms with van der Waals surface area (Å²) in [7, 11) is 0. The van der Waals surface area contributed by atoms with Crippen LogP contribution >= 0.6 is 0 Å². The summed E-state index contributed by atoms with van der Waals surface area (Å²) in [4.78, 5) is 28.6. The van der Waals surface area contributed by atoms with Crippen LogP contribution in [0.2, 0.25) is 0 Å². The Labute approximate surface area is 119 Å². The molecule has 0 spiro atoms. The van der Waals surface area contributed by atoms with Crippen LogP contribution in [0.1, 0.15) is 15.9 Å². The molecule has 0 saturated heterocycles. The average Bonchev–Trinajstić information content (AvgIpc) is 2.86. The number of rotatable bonds is 2. The highest BCUT2D eigenvalue weighted by Gasteiger charge is 2.08. The summed E-state index contributed by atoms with van der Waals surface area (Å²) < 4.78 is 0. The number of carbonyl (C=O) groups excluding carboxylic acids is 1. The summed E-state index contributed by atoms with van der Waals surface area (Å²) in [6.07, 6.45) is 0. The van der Waals surface area contributed by atoms with Gasteiger partial charge in [-0.15, -0.1) is 0 Å². The summed E-state index contributed by atoms with van der Waals surface area (Å²) >= 11 is 0. The fraction of sp³-hybridized carbons (Fsp3) is 0. The first-order valence-electron chi connectivity index (χ1n) is 6.19. The number of aromatic amines is 2. The van der Waals surface area contributed by atoms with E-state index in [0.29, 0.717) is 27.8 Å². The molecule has 3 rings (SSSR count). The third-order valence-corrected chi connectivity index (χ3v) is 3.03. The smallest absolute Gasteiger partial charge is 0.322 e. The maximum absolute atomic E-state index is 12.2. The van der Waals surface area contributed by atoms with Crippen molar-refractivity contribution in [2.75, 3.05) is 5.32 Å². The van der Waals surface area contributed by atoms with E-state index in [1.54, 1.807) is 42.5 Å². The molecule has 1 aromatic heterocycles. The SMILES string of the molecule is N#Cc1cccc(NC(=O)c2ccc3[nH]c(=O)[nH]c3c2)c1. The summed E-state index contributed by atoms with van der Waals surface area (Å²) in [5.74, 6) is -0.311. The summed E-state index contributed by atoms with van der Waals surface area (Å²) in [5, 5.41) is 11.5. The molecule has 0 bridgehead atoms. The van der Waals surface area contributed by atoms with E-state index in [1.807, 2.05) is 6.07 Å². The van der Waals surface area contributed by atoms with E-state index >= 15 is 0 Å². The normalized spacial score (nSPS) is 10.2. The Bertz CT molecular complexity index is 930. The van der Waals surface area contributed by atoms with Crippen LogP contribution < -0.4 is 11.0 Å². The van der Waals surface area contributed by atoms with Gasteiger partial charge in [-0.1, -0.05) is 6.07 Å². The molecule has 3 N–H and O–H groups in total. The fourth-order valence-electron chi connectivity index (χ4n) is 2.04. The van der Waals surface area contributed by atoms with E-state index < -0.39 is 0 Å². The number of hydrogen-bond acceptors (Lipinski definition) is 3. The Morgan fingerprint density at radius 3 is 2.71 bits per heavy atom. The van der Waals surface area contributed by atoms with Gasteiger partial charge >= 0.3 is 5.69 Å². The Kier molecular flexibility index (Phi) is 3.01. The Hall–Kier alpha value is -3.33. The number of hydrogen-bond donors (Lipinski definition) is 3. The van der Waals surface area contributed by atoms with Crippen molar-refractivity contribution < 1.29 is 4.79 Å². The van der Waals surface area contributed by atoms with E-state index in [1.165, 1.54) is 0 Å². The minimum Gasteiger partial charge on any atom is -0.322 e. The molecule has 1 heterocycles. The predicted octanol–water partition coefficient (Wildman–Crippen LogP) is 1.98. The Morgan fingerprint density at radius 1 is 1.10 bits per heavy atom. The summed E-state index contributed by atoms with van der Waals surface area (Å²) in [6, 6.07) is 13.5. The first kappa shape index (κ1) is 12.7. The number of anilines is 1. The maximum Gasteiger partial charge on any atom is 0.323 e.